The average Bonchev–Trinajstić information content (AvgIpc) is 3.28. The zero-order valence-corrected chi connectivity index (χ0v) is 16.5. The van der Waals surface area contributed by atoms with Crippen molar-refractivity contribution >= 4 is 11.8 Å². The first-order chi connectivity index (χ1) is 15.0. The van der Waals surface area contributed by atoms with Crippen LogP contribution in [-0.4, -0.2) is 43.7 Å². The van der Waals surface area contributed by atoms with E-state index >= 15 is 0 Å². The van der Waals surface area contributed by atoms with E-state index in [9.17, 15) is 25.1 Å². The predicted molar refractivity (Wildman–Crippen MR) is 110 cm³/mol. The highest BCUT2D eigenvalue weighted by atomic mass is 16.6. The number of aliphatic hydroxyl groups is 2. The van der Waals surface area contributed by atoms with Crippen LogP contribution in [0.3, 0.4) is 0 Å². The van der Waals surface area contributed by atoms with Gasteiger partial charge in [0.2, 0.25) is 0 Å². The monoisotopic (exact) mass is 426 g/mol. The van der Waals surface area contributed by atoms with Gasteiger partial charge in [-0.2, -0.15) is 5.10 Å². The molecular formula is C21H22N4O6. The molecule has 0 fully saturated rings. The highest BCUT2D eigenvalue weighted by Crippen LogP contribution is 2.24. The number of aromatic nitrogens is 2. The minimum absolute atomic E-state index is 0.0677. The van der Waals surface area contributed by atoms with Gasteiger partial charge >= 0.3 is 6.09 Å². The second-order valence-electron chi connectivity index (χ2n) is 6.75. The van der Waals surface area contributed by atoms with Crippen LogP contribution >= 0.6 is 0 Å². The molecule has 2 unspecified atom stereocenters. The number of hydrogen-bond acceptors (Lipinski definition) is 7. The van der Waals surface area contributed by atoms with Crippen LogP contribution in [-0.2, 0) is 11.3 Å². The first-order valence-corrected chi connectivity index (χ1v) is 9.54. The lowest BCUT2D eigenvalue weighted by Gasteiger charge is -2.16. The smallest absolute Gasteiger partial charge is 0.407 e. The first kappa shape index (κ1) is 21.9. The quantitative estimate of drug-likeness (QED) is 0.353. The number of benzene rings is 2. The van der Waals surface area contributed by atoms with E-state index in [1.165, 1.54) is 29.2 Å². The van der Waals surface area contributed by atoms with Gasteiger partial charge in [-0.15, -0.1) is 0 Å². The van der Waals surface area contributed by atoms with Crippen LogP contribution in [0.15, 0.2) is 67.0 Å². The number of carbonyl (C=O) groups is 1. The number of nitrogens with one attached hydrogen (secondary N) is 1. The Kier molecular flexibility index (Phi) is 7.31. The molecular weight excluding hydrogens is 404 g/mol. The van der Waals surface area contributed by atoms with Crippen LogP contribution in [0.1, 0.15) is 23.7 Å². The fraction of sp³-hybridized carbons (Fsp3) is 0.238. The zero-order chi connectivity index (χ0) is 22.2. The van der Waals surface area contributed by atoms with Crippen molar-refractivity contribution in [1.82, 2.24) is 15.1 Å². The van der Waals surface area contributed by atoms with E-state index in [-0.39, 0.29) is 36.5 Å². The van der Waals surface area contributed by atoms with Crippen molar-refractivity contribution in [1.29, 1.82) is 0 Å². The largest absolute Gasteiger partial charge is 0.445 e. The summed E-state index contributed by atoms with van der Waals surface area (Å²) in [5.74, 6) is 0. The van der Waals surface area contributed by atoms with E-state index in [0.29, 0.717) is 0 Å². The molecule has 0 aliphatic heterocycles. The van der Waals surface area contributed by atoms with E-state index < -0.39 is 23.2 Å². The van der Waals surface area contributed by atoms with Gasteiger partial charge in [0.1, 0.15) is 18.4 Å². The maximum atomic E-state index is 11.7. The molecule has 1 heterocycles. The summed E-state index contributed by atoms with van der Waals surface area (Å²) in [6, 6.07) is 15.3. The van der Waals surface area contributed by atoms with Gasteiger partial charge in [-0.25, -0.2) is 9.48 Å². The molecule has 3 aromatic rings. The number of alkyl carbamates (subject to hydrolysis) is 1. The number of para-hydroxylation sites is 2. The maximum Gasteiger partial charge on any atom is 0.407 e. The van der Waals surface area contributed by atoms with Crippen molar-refractivity contribution in [3.8, 4) is 5.69 Å². The van der Waals surface area contributed by atoms with Crippen LogP contribution < -0.4 is 5.32 Å². The molecule has 0 aliphatic carbocycles. The molecule has 0 aliphatic rings. The summed E-state index contributed by atoms with van der Waals surface area (Å²) in [5, 5.41) is 38.3. The number of ether oxygens (including phenoxy) is 1. The lowest BCUT2D eigenvalue weighted by molar-refractivity contribution is -0.384. The van der Waals surface area contributed by atoms with Crippen LogP contribution in [0, 0.1) is 10.1 Å². The minimum Gasteiger partial charge on any atom is -0.445 e. The van der Waals surface area contributed by atoms with E-state index in [2.05, 4.69) is 10.4 Å². The highest BCUT2D eigenvalue weighted by molar-refractivity contribution is 5.67. The third-order valence-corrected chi connectivity index (χ3v) is 4.56. The second kappa shape index (κ2) is 10.3. The molecule has 3 rings (SSSR count). The zero-order valence-electron chi connectivity index (χ0n) is 16.5. The van der Waals surface area contributed by atoms with Crippen molar-refractivity contribution in [2.45, 2.75) is 25.2 Å². The van der Waals surface area contributed by atoms with Gasteiger partial charge < -0.3 is 20.3 Å². The summed E-state index contributed by atoms with van der Waals surface area (Å²) in [6.07, 6.45) is -0.284. The Balaban J connectivity index is 1.50. The number of carbonyl (C=O) groups excluding carboxylic acids is 1. The van der Waals surface area contributed by atoms with Crippen molar-refractivity contribution in [3.63, 3.8) is 0 Å². The van der Waals surface area contributed by atoms with Crippen LogP contribution in [0.4, 0.5) is 10.5 Å². The standard InChI is InChI=1S/C21H22N4O6/c26-19(10-11-22-21(28)31-14-15-6-2-1-3-7-15)20(27)16-12-23-24(13-16)17-8-4-5-9-18(17)25(29)30/h1-9,12-13,19-20,26-27H,10-11,14H2,(H,22,28). The van der Waals surface area contributed by atoms with Crippen LogP contribution in [0.5, 0.6) is 0 Å². The fourth-order valence-electron chi connectivity index (χ4n) is 2.91. The molecule has 0 saturated heterocycles. The Hall–Kier alpha value is -3.76. The fourth-order valence-corrected chi connectivity index (χ4v) is 2.91. The lowest BCUT2D eigenvalue weighted by atomic mass is 10.1. The molecule has 3 N–H and O–H groups in total. The summed E-state index contributed by atoms with van der Waals surface area (Å²) in [7, 11) is 0. The Bertz CT molecular complexity index is 1020. The summed E-state index contributed by atoms with van der Waals surface area (Å²) >= 11 is 0. The number of aliphatic hydroxyl groups excluding tert-OH is 2. The van der Waals surface area contributed by atoms with Gasteiger partial charge in [0.25, 0.3) is 5.69 Å². The maximum absolute atomic E-state index is 11.7. The molecule has 10 heteroatoms. The van der Waals surface area contributed by atoms with E-state index in [4.69, 9.17) is 4.74 Å². The molecule has 0 radical (unpaired) electrons. The van der Waals surface area contributed by atoms with Crippen LogP contribution in [0.2, 0.25) is 0 Å². The molecule has 0 saturated carbocycles. The Morgan fingerprint density at radius 3 is 2.61 bits per heavy atom. The number of amides is 1. The van der Waals surface area contributed by atoms with E-state index in [0.717, 1.165) is 5.56 Å². The van der Waals surface area contributed by atoms with Gasteiger partial charge in [0, 0.05) is 24.4 Å². The number of rotatable bonds is 9. The predicted octanol–water partition coefficient (Wildman–Crippen LogP) is 2.49. The summed E-state index contributed by atoms with van der Waals surface area (Å²) in [4.78, 5) is 22.4. The number of nitrogens with zero attached hydrogens (tertiary/aromatic N) is 3. The van der Waals surface area contributed by atoms with Crippen molar-refractivity contribution in [2.75, 3.05) is 6.54 Å². The van der Waals surface area contributed by atoms with Gasteiger partial charge in [0.15, 0.2) is 0 Å². The summed E-state index contributed by atoms with van der Waals surface area (Å²) in [5.41, 5.74) is 1.25. The number of nitro groups is 1. The highest BCUT2D eigenvalue weighted by Gasteiger charge is 2.22. The number of nitro benzene ring substituents is 1. The molecule has 2 atom stereocenters. The Morgan fingerprint density at radius 1 is 1.16 bits per heavy atom. The molecule has 10 nitrogen and oxygen atoms in total. The van der Waals surface area contributed by atoms with Crippen LogP contribution in [0.25, 0.3) is 5.69 Å². The average molecular weight is 426 g/mol. The van der Waals surface area contributed by atoms with Gasteiger partial charge in [-0.05, 0) is 18.1 Å². The van der Waals surface area contributed by atoms with Gasteiger partial charge in [0.05, 0.1) is 17.2 Å². The minimum atomic E-state index is -1.28. The third-order valence-electron chi connectivity index (χ3n) is 4.56. The van der Waals surface area contributed by atoms with Crippen molar-refractivity contribution < 1.29 is 24.7 Å². The van der Waals surface area contributed by atoms with E-state index in [1.54, 1.807) is 12.1 Å². The lowest BCUT2D eigenvalue weighted by Crippen LogP contribution is -2.29. The first-order valence-electron chi connectivity index (χ1n) is 9.54. The van der Waals surface area contributed by atoms with E-state index in [1.807, 2.05) is 30.3 Å². The SMILES string of the molecule is O=C(NCCC(O)C(O)c1cnn(-c2ccccc2[N+](=O)[O-])c1)OCc1ccccc1. The summed E-state index contributed by atoms with van der Waals surface area (Å²) in [6.45, 7) is 0.215. The second-order valence-corrected chi connectivity index (χ2v) is 6.75. The normalized spacial score (nSPS) is 12.7. The van der Waals surface area contributed by atoms with Crippen molar-refractivity contribution in [2.24, 2.45) is 0 Å². The van der Waals surface area contributed by atoms with Gasteiger partial charge in [-0.3, -0.25) is 10.1 Å². The molecule has 2 aromatic carbocycles. The molecule has 0 bridgehead atoms. The van der Waals surface area contributed by atoms with Gasteiger partial charge in [-0.1, -0.05) is 42.5 Å². The van der Waals surface area contributed by atoms with Crippen molar-refractivity contribution in [3.05, 3.63) is 88.2 Å². The third kappa shape index (κ3) is 5.87. The molecule has 31 heavy (non-hydrogen) atoms. The topological polar surface area (TPSA) is 140 Å². The molecule has 0 spiro atoms. The molecule has 162 valence electrons. The Morgan fingerprint density at radius 2 is 1.87 bits per heavy atom. The molecule has 1 aromatic heterocycles. The summed E-state index contributed by atoms with van der Waals surface area (Å²) < 4.78 is 6.34. The Labute approximate surface area is 177 Å². The number of hydrogen-bond donors (Lipinski definition) is 3. The molecule has 1 amide bonds.